The van der Waals surface area contributed by atoms with Crippen molar-refractivity contribution in [2.75, 3.05) is 5.75 Å². The summed E-state index contributed by atoms with van der Waals surface area (Å²) < 4.78 is 0. The van der Waals surface area contributed by atoms with Gasteiger partial charge in [-0.3, -0.25) is 9.59 Å². The highest BCUT2D eigenvalue weighted by atomic mass is 32.1. The average molecular weight is 647 g/mol. The summed E-state index contributed by atoms with van der Waals surface area (Å²) in [5.41, 5.74) is 12.7. The number of fused-ring (bicyclic) bond motifs is 8. The molecule has 0 amide bonds. The number of carboxylic acid groups (broad SMARTS) is 2. The molecule has 0 saturated carbocycles. The molecule has 8 bridgehead atoms. The maximum atomic E-state index is 11.6. The second-order valence-corrected chi connectivity index (χ2v) is 12.8. The molecule has 0 saturated heterocycles. The smallest absolute Gasteiger partial charge is 0.303 e. The van der Waals surface area contributed by atoms with E-state index in [0.717, 1.165) is 66.6 Å². The molecule has 3 aromatic rings. The van der Waals surface area contributed by atoms with Crippen molar-refractivity contribution in [1.82, 2.24) is 19.9 Å². The van der Waals surface area contributed by atoms with Crippen molar-refractivity contribution >= 4 is 81.6 Å². The third kappa shape index (κ3) is 6.34. The Balaban J connectivity index is 1.95. The van der Waals surface area contributed by atoms with Gasteiger partial charge in [-0.1, -0.05) is 0 Å². The van der Waals surface area contributed by atoms with E-state index in [0.29, 0.717) is 22.8 Å². The minimum Gasteiger partial charge on any atom is -0.481 e. The highest BCUT2D eigenvalue weighted by molar-refractivity contribution is 7.80. The van der Waals surface area contributed by atoms with Gasteiger partial charge in [0.25, 0.3) is 0 Å². The van der Waals surface area contributed by atoms with Gasteiger partial charge in [0, 0.05) is 51.5 Å². The number of carboxylic acids is 2. The number of hydrogen-bond donors (Lipinski definition) is 7. The van der Waals surface area contributed by atoms with Crippen LogP contribution in [-0.4, -0.2) is 52.9 Å². The summed E-state index contributed by atoms with van der Waals surface area (Å²) in [5.74, 6) is -1.57. The molecule has 2 aliphatic heterocycles. The molecule has 0 spiro atoms. The number of rotatable bonds is 9. The highest BCUT2D eigenvalue weighted by Crippen LogP contribution is 2.39. The summed E-state index contributed by atoms with van der Waals surface area (Å²) in [7, 11) is 0. The highest BCUT2D eigenvalue weighted by Gasteiger charge is 2.24. The van der Waals surface area contributed by atoms with E-state index in [1.165, 1.54) is 0 Å². The molecule has 2 atom stereocenters. The summed E-state index contributed by atoms with van der Waals surface area (Å²) in [6.45, 7) is 9.85. The van der Waals surface area contributed by atoms with Crippen molar-refractivity contribution in [1.29, 1.82) is 0 Å². The van der Waals surface area contributed by atoms with Gasteiger partial charge in [0.15, 0.2) is 0 Å². The molecule has 0 aromatic carbocycles. The zero-order valence-corrected chi connectivity index (χ0v) is 27.7. The molecular weight excluding hydrogens is 609 g/mol. The first-order chi connectivity index (χ1) is 21.3. The summed E-state index contributed by atoms with van der Waals surface area (Å²) in [5, 5.41) is 29.9. The van der Waals surface area contributed by atoms with Crippen LogP contribution in [0.2, 0.25) is 0 Å². The van der Waals surface area contributed by atoms with E-state index in [-0.39, 0.29) is 36.7 Å². The number of aryl methyl sites for hydroxylation is 2. The number of nitrogens with one attached hydrogen (secondary N) is 2. The Labute approximate surface area is 272 Å². The van der Waals surface area contributed by atoms with Crippen LogP contribution < -0.4 is 0 Å². The average Bonchev–Trinajstić information content (AvgIpc) is 3.63. The lowest BCUT2D eigenvalue weighted by molar-refractivity contribution is -0.137. The number of allylic oxidation sites excluding steroid dienone is 4. The molecule has 0 radical (unpaired) electrons. The van der Waals surface area contributed by atoms with Gasteiger partial charge in [0.2, 0.25) is 0 Å². The lowest BCUT2D eigenvalue weighted by Crippen LogP contribution is -1.99. The van der Waals surface area contributed by atoms with Gasteiger partial charge in [0.05, 0.1) is 28.9 Å². The largest absolute Gasteiger partial charge is 0.481 e. The van der Waals surface area contributed by atoms with Crippen LogP contribution in [0.1, 0.15) is 103 Å². The Bertz CT molecular complexity index is 1950. The molecular formula is C34H38N4O5S2. The number of aromatic amines is 2. The Hall–Kier alpha value is -3.80. The van der Waals surface area contributed by atoms with Crippen molar-refractivity contribution in [3.8, 4) is 0 Å². The van der Waals surface area contributed by atoms with Crippen LogP contribution in [0.3, 0.4) is 0 Å². The standard InChI is InChI=1S/C34H38N4O5S2/c1-15-20(6-8-31(40)41)26-13-27-21(7-9-32(42)43)16(2)23(36-27)11-28-33(19(5)45)17(3)25(37-28)12-29-34(30(39)14-44)18(4)24(38-29)10-22(15)35-26/h10-13,19,30,37-39,44-45H,6-9,14H2,1-5H3,(H,40,41)(H,42,43)/t19-,30-/m0/s1. The van der Waals surface area contributed by atoms with E-state index in [1.807, 2.05) is 58.9 Å². The number of nitrogens with zero attached hydrogens (tertiary/aromatic N) is 2. The summed E-state index contributed by atoms with van der Waals surface area (Å²) in [6, 6.07) is 7.73. The lowest BCUT2D eigenvalue weighted by atomic mass is 9.98. The van der Waals surface area contributed by atoms with Crippen molar-refractivity contribution in [3.63, 3.8) is 0 Å². The van der Waals surface area contributed by atoms with Gasteiger partial charge < -0.3 is 25.3 Å². The van der Waals surface area contributed by atoms with Crippen LogP contribution in [0, 0.1) is 13.8 Å². The van der Waals surface area contributed by atoms with E-state index in [1.54, 1.807) is 0 Å². The van der Waals surface area contributed by atoms with Gasteiger partial charge in [-0.25, -0.2) is 9.97 Å². The fraction of sp³-hybridized carbons (Fsp3) is 0.353. The predicted molar refractivity (Wildman–Crippen MR) is 185 cm³/mol. The van der Waals surface area contributed by atoms with Crippen LogP contribution in [0.15, 0.2) is 24.3 Å². The SMILES string of the molecule is CC1=C(CCC(=O)O)c2cc3nc(cc4[nH]c(cc5[nH]c(cc1n2)c(C)c5[C@@H](O)CS)c(C)c4[C@H](C)S)C(C)=C3CCC(=O)O. The Morgan fingerprint density at radius 1 is 0.733 bits per heavy atom. The van der Waals surface area contributed by atoms with Crippen molar-refractivity contribution in [2.45, 2.75) is 71.7 Å². The number of aliphatic carboxylic acids is 2. The van der Waals surface area contributed by atoms with E-state index < -0.39 is 18.0 Å². The molecule has 2 aliphatic rings. The van der Waals surface area contributed by atoms with E-state index in [4.69, 9.17) is 22.6 Å². The molecule has 0 aliphatic carbocycles. The van der Waals surface area contributed by atoms with Crippen LogP contribution in [0.5, 0.6) is 0 Å². The van der Waals surface area contributed by atoms with E-state index in [2.05, 4.69) is 22.6 Å². The van der Waals surface area contributed by atoms with E-state index >= 15 is 0 Å². The summed E-state index contributed by atoms with van der Waals surface area (Å²) in [6.07, 6.45) is -0.373. The fourth-order valence-electron chi connectivity index (χ4n) is 6.30. The molecule has 0 fully saturated rings. The lowest BCUT2D eigenvalue weighted by Gasteiger charge is -2.07. The third-order valence-corrected chi connectivity index (χ3v) is 9.34. The maximum absolute atomic E-state index is 11.6. The molecule has 3 aromatic heterocycles. The first-order valence-electron chi connectivity index (χ1n) is 14.9. The van der Waals surface area contributed by atoms with Gasteiger partial charge in [-0.2, -0.15) is 25.3 Å². The van der Waals surface area contributed by atoms with Crippen molar-refractivity contribution < 1.29 is 24.9 Å². The minimum atomic E-state index is -0.910. The molecule has 5 rings (SSSR count). The molecule has 236 valence electrons. The molecule has 11 heteroatoms. The fourth-order valence-corrected chi connectivity index (χ4v) is 6.81. The van der Waals surface area contributed by atoms with Gasteiger partial charge in [-0.15, -0.1) is 0 Å². The quantitative estimate of drug-likeness (QED) is 0.119. The maximum Gasteiger partial charge on any atom is 0.303 e. The minimum absolute atomic E-state index is 0.0560. The van der Waals surface area contributed by atoms with Crippen LogP contribution in [-0.2, 0) is 9.59 Å². The normalized spacial score (nSPS) is 14.7. The topological polar surface area (TPSA) is 152 Å². The van der Waals surface area contributed by atoms with Crippen molar-refractivity contribution in [2.24, 2.45) is 0 Å². The third-order valence-electron chi connectivity index (χ3n) is 8.73. The van der Waals surface area contributed by atoms with Gasteiger partial charge >= 0.3 is 11.9 Å². The van der Waals surface area contributed by atoms with Crippen LogP contribution in [0.25, 0.3) is 44.4 Å². The number of thiol groups is 2. The van der Waals surface area contributed by atoms with Gasteiger partial charge in [-0.05, 0) is 111 Å². The Kier molecular flexibility index (Phi) is 9.34. The van der Waals surface area contributed by atoms with Crippen LogP contribution in [0.4, 0.5) is 0 Å². The number of aliphatic hydroxyl groups excluding tert-OH is 1. The first kappa shape index (κ1) is 32.6. The Morgan fingerprint density at radius 2 is 1.18 bits per heavy atom. The van der Waals surface area contributed by atoms with Crippen LogP contribution >= 0.6 is 25.3 Å². The Morgan fingerprint density at radius 3 is 1.64 bits per heavy atom. The van der Waals surface area contributed by atoms with Crippen molar-refractivity contribution in [3.05, 3.63) is 69.3 Å². The molecule has 45 heavy (non-hydrogen) atoms. The predicted octanol–water partition coefficient (Wildman–Crippen LogP) is 7.48. The zero-order valence-electron chi connectivity index (χ0n) is 25.9. The monoisotopic (exact) mass is 646 g/mol. The molecule has 0 unspecified atom stereocenters. The number of carbonyl (C=O) groups is 2. The number of aromatic nitrogens is 4. The zero-order chi connectivity index (χ0) is 32.7. The number of hydrogen-bond acceptors (Lipinski definition) is 7. The summed E-state index contributed by atoms with van der Waals surface area (Å²) in [4.78, 5) is 40.2. The molecule has 9 nitrogen and oxygen atoms in total. The summed E-state index contributed by atoms with van der Waals surface area (Å²) >= 11 is 9.18. The second-order valence-electron chi connectivity index (χ2n) is 11.7. The molecule has 5 N–H and O–H groups in total. The second kappa shape index (κ2) is 12.9. The van der Waals surface area contributed by atoms with E-state index in [9.17, 15) is 24.9 Å². The molecule has 5 heterocycles. The first-order valence-corrected chi connectivity index (χ1v) is 16.0. The number of H-pyrrole nitrogens is 2. The van der Waals surface area contributed by atoms with Gasteiger partial charge in [0.1, 0.15) is 0 Å². The number of aliphatic hydroxyl groups is 1.